The standard InChI is InChI=1S/C30H34N8O3S/c1-18(13-33-28(39)20-8-9-34-35-16-20)36-23-10-21(11-23)29(40)38-30-37-25-7-6-19(12-26(25)42-30)22-14-31-27(32-15-22)17-41-24-4-2-3-5-24/h6-9,12,14-16,18,21,23-24,36H,2-5,10-11,13,17H2,1H3,(H,33,39)(H,37,38,40)/t18-,21?,23?/m0/s1. The molecule has 0 bridgehead atoms. The third-order valence-corrected chi connectivity index (χ3v) is 8.79. The summed E-state index contributed by atoms with van der Waals surface area (Å²) < 4.78 is 6.91. The van der Waals surface area contributed by atoms with Crippen molar-refractivity contribution in [2.75, 3.05) is 11.9 Å². The maximum atomic E-state index is 12.9. The van der Waals surface area contributed by atoms with Crippen LogP contribution in [0.15, 0.2) is 49.1 Å². The van der Waals surface area contributed by atoms with Crippen molar-refractivity contribution < 1.29 is 14.3 Å². The van der Waals surface area contributed by atoms with Gasteiger partial charge in [-0.05, 0) is 56.4 Å². The van der Waals surface area contributed by atoms with Gasteiger partial charge in [0, 0.05) is 42.5 Å². The minimum Gasteiger partial charge on any atom is -0.370 e. The minimum absolute atomic E-state index is 0.0118. The highest BCUT2D eigenvalue weighted by atomic mass is 32.1. The predicted octanol–water partition coefficient (Wildman–Crippen LogP) is 4.13. The van der Waals surface area contributed by atoms with E-state index in [1.165, 1.54) is 36.6 Å². The van der Waals surface area contributed by atoms with E-state index >= 15 is 0 Å². The Labute approximate surface area is 247 Å². The van der Waals surface area contributed by atoms with Gasteiger partial charge in [0.2, 0.25) is 5.91 Å². The predicted molar refractivity (Wildman–Crippen MR) is 160 cm³/mol. The highest BCUT2D eigenvalue weighted by Gasteiger charge is 2.35. The van der Waals surface area contributed by atoms with E-state index in [4.69, 9.17) is 4.74 Å². The van der Waals surface area contributed by atoms with Crippen LogP contribution in [0, 0.1) is 5.92 Å². The van der Waals surface area contributed by atoms with Gasteiger partial charge in [0.05, 0.1) is 34.3 Å². The third-order valence-electron chi connectivity index (χ3n) is 7.85. The smallest absolute Gasteiger partial charge is 0.253 e. The minimum atomic E-state index is -0.182. The van der Waals surface area contributed by atoms with Crippen molar-refractivity contribution in [1.29, 1.82) is 0 Å². The first kappa shape index (κ1) is 28.3. The Morgan fingerprint density at radius 3 is 2.62 bits per heavy atom. The first-order valence-corrected chi connectivity index (χ1v) is 15.3. The molecule has 3 heterocycles. The van der Waals surface area contributed by atoms with Crippen molar-refractivity contribution in [3.8, 4) is 11.1 Å². The van der Waals surface area contributed by atoms with E-state index in [2.05, 4.69) is 47.2 Å². The molecule has 2 aliphatic rings. The maximum Gasteiger partial charge on any atom is 0.253 e. The summed E-state index contributed by atoms with van der Waals surface area (Å²) in [6.07, 6.45) is 13.2. The number of hydrogen-bond donors (Lipinski definition) is 3. The van der Waals surface area contributed by atoms with Crippen LogP contribution in [0.2, 0.25) is 0 Å². The summed E-state index contributed by atoms with van der Waals surface area (Å²) in [5, 5.41) is 17.4. The molecular formula is C30H34N8O3S. The number of hydrogen-bond acceptors (Lipinski definition) is 10. The van der Waals surface area contributed by atoms with Crippen molar-refractivity contribution in [1.82, 2.24) is 35.8 Å². The van der Waals surface area contributed by atoms with Crippen LogP contribution in [0.25, 0.3) is 21.3 Å². The molecule has 3 N–H and O–H groups in total. The van der Waals surface area contributed by atoms with Crippen molar-refractivity contribution in [2.24, 2.45) is 5.92 Å². The number of ether oxygens (including phenoxy) is 1. The Morgan fingerprint density at radius 2 is 1.86 bits per heavy atom. The zero-order chi connectivity index (χ0) is 28.9. The molecule has 4 aromatic rings. The summed E-state index contributed by atoms with van der Waals surface area (Å²) in [5.74, 6) is 0.437. The molecule has 3 aromatic heterocycles. The third kappa shape index (κ3) is 6.94. The monoisotopic (exact) mass is 586 g/mol. The van der Waals surface area contributed by atoms with Crippen LogP contribution in [-0.4, -0.2) is 61.7 Å². The molecule has 2 saturated carbocycles. The van der Waals surface area contributed by atoms with Gasteiger partial charge >= 0.3 is 0 Å². The lowest BCUT2D eigenvalue weighted by Gasteiger charge is -2.36. The number of nitrogens with one attached hydrogen (secondary N) is 3. The molecule has 0 spiro atoms. The Bertz CT molecular complexity index is 1520. The van der Waals surface area contributed by atoms with Gasteiger partial charge in [0.1, 0.15) is 6.61 Å². The summed E-state index contributed by atoms with van der Waals surface area (Å²) in [6.45, 7) is 2.94. The molecule has 0 saturated heterocycles. The van der Waals surface area contributed by atoms with Gasteiger partial charge in [-0.2, -0.15) is 10.2 Å². The molecule has 1 aromatic carbocycles. The number of thiazole rings is 1. The van der Waals surface area contributed by atoms with Crippen LogP contribution in [0.5, 0.6) is 0 Å². The SMILES string of the molecule is C[C@@H](CNC(=O)c1ccnnc1)NC1CC(C(=O)Nc2nc3ccc(-c4cnc(COC5CCCC5)nc4)cc3s2)C1. The second-order valence-corrected chi connectivity index (χ2v) is 12.1. The Kier molecular flexibility index (Phi) is 8.73. The summed E-state index contributed by atoms with van der Waals surface area (Å²) in [5.41, 5.74) is 3.25. The highest BCUT2D eigenvalue weighted by molar-refractivity contribution is 7.22. The number of anilines is 1. The van der Waals surface area contributed by atoms with E-state index in [-0.39, 0.29) is 29.8 Å². The van der Waals surface area contributed by atoms with Crippen LogP contribution >= 0.6 is 11.3 Å². The molecule has 0 radical (unpaired) electrons. The van der Waals surface area contributed by atoms with Crippen LogP contribution in [0.1, 0.15) is 61.6 Å². The Balaban J connectivity index is 0.960. The summed E-state index contributed by atoms with van der Waals surface area (Å²) in [7, 11) is 0. The fraction of sp³-hybridized carbons (Fsp3) is 0.433. The van der Waals surface area contributed by atoms with Crippen molar-refractivity contribution in [3.63, 3.8) is 0 Å². The van der Waals surface area contributed by atoms with Gasteiger partial charge in [-0.3, -0.25) is 9.59 Å². The first-order chi connectivity index (χ1) is 20.5. The average molecular weight is 587 g/mol. The largest absolute Gasteiger partial charge is 0.370 e. The quantitative estimate of drug-likeness (QED) is 0.236. The van der Waals surface area contributed by atoms with Crippen LogP contribution < -0.4 is 16.0 Å². The van der Waals surface area contributed by atoms with E-state index in [0.717, 1.165) is 47.0 Å². The lowest BCUT2D eigenvalue weighted by atomic mass is 9.79. The topological polar surface area (TPSA) is 144 Å². The molecule has 2 fully saturated rings. The first-order valence-electron chi connectivity index (χ1n) is 14.5. The number of benzene rings is 1. The fourth-order valence-corrected chi connectivity index (χ4v) is 6.30. The number of nitrogens with zero attached hydrogens (tertiary/aromatic N) is 5. The molecule has 0 unspecified atom stereocenters. The zero-order valence-electron chi connectivity index (χ0n) is 23.5. The normalized spacial score (nSPS) is 19.4. The highest BCUT2D eigenvalue weighted by Crippen LogP contribution is 2.33. The second-order valence-electron chi connectivity index (χ2n) is 11.1. The molecule has 11 nitrogen and oxygen atoms in total. The number of fused-ring (bicyclic) bond motifs is 1. The van der Waals surface area contributed by atoms with Crippen molar-refractivity contribution in [3.05, 3.63) is 60.4 Å². The number of amides is 2. The van der Waals surface area contributed by atoms with Gasteiger partial charge in [-0.25, -0.2) is 15.0 Å². The molecule has 0 aliphatic heterocycles. The number of carbonyl (C=O) groups excluding carboxylic acids is 2. The Hall–Kier alpha value is -3.87. The second kappa shape index (κ2) is 13.0. The summed E-state index contributed by atoms with van der Waals surface area (Å²) in [4.78, 5) is 38.7. The molecular weight excluding hydrogens is 552 g/mol. The lowest BCUT2D eigenvalue weighted by molar-refractivity contribution is -0.123. The van der Waals surface area contributed by atoms with E-state index in [1.807, 2.05) is 31.5 Å². The van der Waals surface area contributed by atoms with Gasteiger partial charge < -0.3 is 20.7 Å². The zero-order valence-corrected chi connectivity index (χ0v) is 24.3. The molecule has 12 heteroatoms. The van der Waals surface area contributed by atoms with Crippen molar-refractivity contribution in [2.45, 2.75) is 70.2 Å². The lowest BCUT2D eigenvalue weighted by Crippen LogP contribution is -2.51. The summed E-state index contributed by atoms with van der Waals surface area (Å²) in [6, 6.07) is 7.95. The fourth-order valence-electron chi connectivity index (χ4n) is 5.39. The van der Waals surface area contributed by atoms with E-state index in [1.54, 1.807) is 6.07 Å². The molecule has 218 valence electrons. The van der Waals surface area contributed by atoms with Gasteiger partial charge in [0.15, 0.2) is 11.0 Å². The molecule has 42 heavy (non-hydrogen) atoms. The van der Waals surface area contributed by atoms with Crippen LogP contribution in [0.3, 0.4) is 0 Å². The number of carbonyl (C=O) groups is 2. The van der Waals surface area contributed by atoms with E-state index in [0.29, 0.717) is 35.8 Å². The average Bonchev–Trinajstić information content (AvgIpc) is 3.66. The van der Waals surface area contributed by atoms with Gasteiger partial charge in [0.25, 0.3) is 5.91 Å². The summed E-state index contributed by atoms with van der Waals surface area (Å²) >= 11 is 1.46. The van der Waals surface area contributed by atoms with Gasteiger partial charge in [-0.1, -0.05) is 30.2 Å². The van der Waals surface area contributed by atoms with Crippen molar-refractivity contribution >= 4 is 38.5 Å². The van der Waals surface area contributed by atoms with E-state index < -0.39 is 0 Å². The van der Waals surface area contributed by atoms with Crippen LogP contribution in [-0.2, 0) is 16.1 Å². The number of aromatic nitrogens is 5. The molecule has 2 aliphatic carbocycles. The molecule has 1 atom stereocenters. The van der Waals surface area contributed by atoms with Gasteiger partial charge in [-0.15, -0.1) is 0 Å². The molecule has 2 amide bonds. The maximum absolute atomic E-state index is 12.9. The van der Waals surface area contributed by atoms with Crippen LogP contribution in [0.4, 0.5) is 5.13 Å². The molecule has 6 rings (SSSR count). The number of rotatable bonds is 11. The van der Waals surface area contributed by atoms with E-state index in [9.17, 15) is 9.59 Å². The Morgan fingerprint density at radius 1 is 1.05 bits per heavy atom.